The molecular weight excluding hydrogens is 372 g/mol. The van der Waals surface area contributed by atoms with Crippen LogP contribution in [0.4, 0.5) is 10.2 Å². The fourth-order valence-corrected chi connectivity index (χ4v) is 3.71. The minimum atomic E-state index is -0.613. The van der Waals surface area contributed by atoms with E-state index in [1.54, 1.807) is 11.3 Å². The number of hydrogen-bond acceptors (Lipinski definition) is 5. The van der Waals surface area contributed by atoms with Crippen molar-refractivity contribution in [2.24, 2.45) is 5.73 Å². The van der Waals surface area contributed by atoms with E-state index in [9.17, 15) is 4.39 Å². The van der Waals surface area contributed by atoms with Crippen molar-refractivity contribution in [3.63, 3.8) is 0 Å². The van der Waals surface area contributed by atoms with Crippen LogP contribution in [0.25, 0.3) is 5.52 Å². The van der Waals surface area contributed by atoms with E-state index in [-0.39, 0.29) is 5.28 Å². The number of rotatable bonds is 6. The molecule has 3 aromatic rings. The lowest BCUT2D eigenvalue weighted by Crippen LogP contribution is -2.25. The lowest BCUT2D eigenvalue weighted by molar-refractivity contribution is 0.427. The molecule has 9 heteroatoms. The quantitative estimate of drug-likeness (QED) is 0.673. The molecule has 0 radical (unpaired) electrons. The number of nitrogens with two attached hydrogens (primary N) is 1. The summed E-state index contributed by atoms with van der Waals surface area (Å²) in [5.41, 5.74) is 8.09. The topological polar surface area (TPSA) is 68.2 Å². The average Bonchev–Trinajstić information content (AvgIpc) is 3.16. The molecule has 3 N–H and O–H groups in total. The summed E-state index contributed by atoms with van der Waals surface area (Å²) >= 11 is 14.1. The van der Waals surface area contributed by atoms with E-state index in [4.69, 9.17) is 28.9 Å². The van der Waals surface area contributed by atoms with Gasteiger partial charge in [0.15, 0.2) is 5.82 Å². The van der Waals surface area contributed by atoms with Crippen LogP contribution >= 0.6 is 34.5 Å². The Hall–Kier alpha value is -1.41. The second-order valence-corrected chi connectivity index (χ2v) is 7.16. The van der Waals surface area contributed by atoms with E-state index in [1.165, 1.54) is 4.52 Å². The SMILES string of the molecule is Cc1c(C[C@@H](N)CF)c(Cl)n2nc(Cl)nc(NCc3cccs3)c12. The molecule has 24 heavy (non-hydrogen) atoms. The molecule has 0 aliphatic rings. The number of aryl methyl sites for hydroxylation is 1. The van der Waals surface area contributed by atoms with Crippen LogP contribution in [-0.2, 0) is 13.0 Å². The molecule has 0 unspecified atom stereocenters. The van der Waals surface area contributed by atoms with Gasteiger partial charge < -0.3 is 11.1 Å². The Kier molecular flexibility index (Phi) is 5.24. The zero-order chi connectivity index (χ0) is 17.3. The van der Waals surface area contributed by atoms with Crippen molar-refractivity contribution in [1.29, 1.82) is 0 Å². The van der Waals surface area contributed by atoms with E-state index >= 15 is 0 Å². The van der Waals surface area contributed by atoms with E-state index in [0.29, 0.717) is 23.9 Å². The first-order chi connectivity index (χ1) is 11.5. The van der Waals surface area contributed by atoms with E-state index in [1.807, 2.05) is 24.4 Å². The molecule has 3 heterocycles. The molecular formula is C15H16Cl2FN5S. The summed E-state index contributed by atoms with van der Waals surface area (Å²) in [5.74, 6) is 0.586. The van der Waals surface area contributed by atoms with Crippen LogP contribution in [0.1, 0.15) is 16.0 Å². The number of nitrogens with one attached hydrogen (secondary N) is 1. The highest BCUT2D eigenvalue weighted by Gasteiger charge is 2.21. The first-order valence-electron chi connectivity index (χ1n) is 7.32. The van der Waals surface area contributed by atoms with E-state index in [2.05, 4.69) is 15.4 Å². The maximum atomic E-state index is 12.8. The second kappa shape index (κ2) is 7.23. The van der Waals surface area contributed by atoms with Gasteiger partial charge in [-0.25, -0.2) is 8.91 Å². The van der Waals surface area contributed by atoms with Crippen LogP contribution < -0.4 is 11.1 Å². The van der Waals surface area contributed by atoms with Gasteiger partial charge in [-0.3, -0.25) is 0 Å². The van der Waals surface area contributed by atoms with Gasteiger partial charge in [-0.2, -0.15) is 4.98 Å². The first kappa shape index (κ1) is 17.4. The lowest BCUT2D eigenvalue weighted by Gasteiger charge is -2.08. The smallest absolute Gasteiger partial charge is 0.243 e. The van der Waals surface area contributed by atoms with Gasteiger partial charge in [0.1, 0.15) is 17.3 Å². The Balaban J connectivity index is 2.03. The fourth-order valence-electron chi connectivity index (χ4n) is 2.57. The third-order valence-electron chi connectivity index (χ3n) is 3.74. The highest BCUT2D eigenvalue weighted by Crippen LogP contribution is 2.32. The van der Waals surface area contributed by atoms with Crippen LogP contribution in [0, 0.1) is 6.92 Å². The summed E-state index contributed by atoms with van der Waals surface area (Å²) in [7, 11) is 0. The third kappa shape index (κ3) is 3.35. The van der Waals surface area contributed by atoms with Crippen LogP contribution in [0.3, 0.4) is 0 Å². The Morgan fingerprint density at radius 3 is 2.92 bits per heavy atom. The zero-order valence-electron chi connectivity index (χ0n) is 12.9. The summed E-state index contributed by atoms with van der Waals surface area (Å²) in [6.45, 7) is 1.90. The Labute approximate surface area is 152 Å². The maximum absolute atomic E-state index is 12.8. The van der Waals surface area contributed by atoms with Crippen molar-refractivity contribution >= 4 is 45.9 Å². The minimum absolute atomic E-state index is 0.0782. The Morgan fingerprint density at radius 2 is 2.25 bits per heavy atom. The van der Waals surface area contributed by atoms with Gasteiger partial charge in [0, 0.05) is 10.9 Å². The maximum Gasteiger partial charge on any atom is 0.243 e. The van der Waals surface area contributed by atoms with Gasteiger partial charge in [-0.1, -0.05) is 17.7 Å². The fraction of sp³-hybridized carbons (Fsp3) is 0.333. The van der Waals surface area contributed by atoms with Gasteiger partial charge in [0.05, 0.1) is 6.54 Å². The standard InChI is InChI=1S/C15H16Cl2FN5S/c1-8-11(5-9(19)6-18)13(16)23-12(8)14(21-15(17)22-23)20-7-10-3-2-4-24-10/h2-4,9H,5-7,19H2,1H3,(H,20,21,22)/t9-/m1/s1. The second-order valence-electron chi connectivity index (χ2n) is 5.44. The molecule has 0 saturated heterocycles. The van der Waals surface area contributed by atoms with E-state index < -0.39 is 12.7 Å². The molecule has 0 amide bonds. The van der Waals surface area contributed by atoms with Crippen molar-refractivity contribution in [2.75, 3.05) is 12.0 Å². The van der Waals surface area contributed by atoms with Crippen molar-refractivity contribution < 1.29 is 4.39 Å². The molecule has 0 bridgehead atoms. The Bertz CT molecular complexity index is 850. The third-order valence-corrected chi connectivity index (χ3v) is 5.16. The highest BCUT2D eigenvalue weighted by atomic mass is 35.5. The first-order valence-corrected chi connectivity index (χ1v) is 8.95. The molecule has 0 spiro atoms. The number of nitrogens with zero attached hydrogens (tertiary/aromatic N) is 3. The van der Waals surface area contributed by atoms with Crippen molar-refractivity contribution in [2.45, 2.75) is 25.9 Å². The molecule has 5 nitrogen and oxygen atoms in total. The number of aromatic nitrogens is 3. The molecule has 3 aromatic heterocycles. The summed E-state index contributed by atoms with van der Waals surface area (Å²) in [4.78, 5) is 5.44. The number of hydrogen-bond donors (Lipinski definition) is 2. The normalized spacial score (nSPS) is 12.7. The van der Waals surface area contributed by atoms with Crippen molar-refractivity contribution in [1.82, 2.24) is 14.6 Å². The molecule has 0 aliphatic carbocycles. The Morgan fingerprint density at radius 1 is 1.46 bits per heavy atom. The predicted molar refractivity (Wildman–Crippen MR) is 97.0 cm³/mol. The van der Waals surface area contributed by atoms with Crippen LogP contribution in [0.15, 0.2) is 17.5 Å². The van der Waals surface area contributed by atoms with Gasteiger partial charge in [-0.15, -0.1) is 16.4 Å². The molecule has 0 fully saturated rings. The summed E-state index contributed by atoms with van der Waals surface area (Å²) in [6.07, 6.45) is 0.326. The zero-order valence-corrected chi connectivity index (χ0v) is 15.2. The van der Waals surface area contributed by atoms with Crippen molar-refractivity contribution in [3.05, 3.63) is 44.0 Å². The number of halogens is 3. The largest absolute Gasteiger partial charge is 0.363 e. The van der Waals surface area contributed by atoms with Gasteiger partial charge in [0.2, 0.25) is 5.28 Å². The number of alkyl halides is 1. The lowest BCUT2D eigenvalue weighted by atomic mass is 10.1. The van der Waals surface area contributed by atoms with Gasteiger partial charge >= 0.3 is 0 Å². The van der Waals surface area contributed by atoms with Crippen LogP contribution in [0.5, 0.6) is 0 Å². The number of anilines is 1. The van der Waals surface area contributed by atoms with Crippen LogP contribution in [0.2, 0.25) is 10.4 Å². The summed E-state index contributed by atoms with van der Waals surface area (Å²) in [6, 6.07) is 3.41. The minimum Gasteiger partial charge on any atom is -0.363 e. The number of thiophene rings is 1. The summed E-state index contributed by atoms with van der Waals surface area (Å²) in [5, 5.41) is 9.90. The number of fused-ring (bicyclic) bond motifs is 1. The summed E-state index contributed by atoms with van der Waals surface area (Å²) < 4.78 is 14.3. The monoisotopic (exact) mass is 387 g/mol. The molecule has 3 rings (SSSR count). The molecule has 0 aliphatic heterocycles. The molecule has 0 saturated carbocycles. The van der Waals surface area contributed by atoms with Gasteiger partial charge in [0.25, 0.3) is 0 Å². The molecule has 128 valence electrons. The average molecular weight is 388 g/mol. The van der Waals surface area contributed by atoms with E-state index in [0.717, 1.165) is 21.5 Å². The van der Waals surface area contributed by atoms with Crippen LogP contribution in [-0.4, -0.2) is 27.3 Å². The molecule has 0 aromatic carbocycles. The van der Waals surface area contributed by atoms with Crippen molar-refractivity contribution in [3.8, 4) is 0 Å². The highest BCUT2D eigenvalue weighted by molar-refractivity contribution is 7.09. The van der Waals surface area contributed by atoms with Gasteiger partial charge in [-0.05, 0) is 47.5 Å². The predicted octanol–water partition coefficient (Wildman–Crippen LogP) is 3.86. The molecule has 1 atom stereocenters.